The van der Waals surface area contributed by atoms with Gasteiger partial charge in [0.1, 0.15) is 5.75 Å². The molecule has 0 radical (unpaired) electrons. The fraction of sp³-hybridized carbons (Fsp3) is 0.533. The molecule has 0 unspecified atom stereocenters. The maximum atomic E-state index is 11.3. The van der Waals surface area contributed by atoms with Gasteiger partial charge in [-0.25, -0.2) is 0 Å². The minimum atomic E-state index is -0.0753. The molecule has 0 aromatic heterocycles. The number of nitrogens with zero attached hydrogens (tertiary/aromatic N) is 2. The number of piperazine rings is 1. The van der Waals surface area contributed by atoms with Crippen LogP contribution in [0.5, 0.6) is 5.75 Å². The Morgan fingerprint density at radius 3 is 2.85 bits per heavy atom. The molecule has 2 aliphatic heterocycles. The third-order valence-corrected chi connectivity index (χ3v) is 3.99. The molecular formula is C15H21N3O2. The first-order valence-corrected chi connectivity index (χ1v) is 7.17. The van der Waals surface area contributed by atoms with E-state index in [4.69, 9.17) is 4.74 Å². The molecule has 2 heterocycles. The first kappa shape index (κ1) is 13.4. The molecule has 1 saturated heterocycles. The van der Waals surface area contributed by atoms with Gasteiger partial charge in [0.25, 0.3) is 5.91 Å². The van der Waals surface area contributed by atoms with Crippen molar-refractivity contribution >= 4 is 11.6 Å². The van der Waals surface area contributed by atoms with Crippen LogP contribution in [0.4, 0.5) is 5.69 Å². The molecule has 1 fully saturated rings. The first-order chi connectivity index (χ1) is 9.70. The highest BCUT2D eigenvalue weighted by atomic mass is 16.5. The van der Waals surface area contributed by atoms with Gasteiger partial charge in [-0.3, -0.25) is 4.79 Å². The number of benzene rings is 1. The zero-order chi connectivity index (χ0) is 13.9. The second-order valence-electron chi connectivity index (χ2n) is 5.56. The van der Waals surface area contributed by atoms with Crippen LogP contribution in [-0.2, 0) is 11.2 Å². The standard InChI is InChI=1S/C15H21N3O2/c1-17-6-8-18(9-7-17)5-4-12-2-3-14-13(10-12)16-15(19)11-20-14/h2-3,10H,4-9,11H2,1H3,(H,16,19). The van der Waals surface area contributed by atoms with Crippen molar-refractivity contribution < 1.29 is 9.53 Å². The molecular weight excluding hydrogens is 254 g/mol. The fourth-order valence-electron chi connectivity index (χ4n) is 2.64. The number of fused-ring (bicyclic) bond motifs is 1. The summed E-state index contributed by atoms with van der Waals surface area (Å²) in [5.41, 5.74) is 2.05. The molecule has 1 amide bonds. The first-order valence-electron chi connectivity index (χ1n) is 7.17. The summed E-state index contributed by atoms with van der Waals surface area (Å²) in [4.78, 5) is 16.2. The predicted molar refractivity (Wildman–Crippen MR) is 78.2 cm³/mol. The minimum Gasteiger partial charge on any atom is -0.482 e. The number of carbonyl (C=O) groups excluding carboxylic acids is 1. The molecule has 5 heteroatoms. The molecule has 5 nitrogen and oxygen atoms in total. The number of hydrogen-bond acceptors (Lipinski definition) is 4. The van der Waals surface area contributed by atoms with Gasteiger partial charge < -0.3 is 19.9 Å². The van der Waals surface area contributed by atoms with E-state index in [9.17, 15) is 4.79 Å². The summed E-state index contributed by atoms with van der Waals surface area (Å²) in [5, 5.41) is 2.86. The normalized spacial score (nSPS) is 20.1. The lowest BCUT2D eigenvalue weighted by Crippen LogP contribution is -2.45. The Labute approximate surface area is 119 Å². The zero-order valence-electron chi connectivity index (χ0n) is 11.9. The van der Waals surface area contributed by atoms with Crippen molar-refractivity contribution in [2.45, 2.75) is 6.42 Å². The number of anilines is 1. The van der Waals surface area contributed by atoms with Crippen molar-refractivity contribution in [1.29, 1.82) is 0 Å². The fourth-order valence-corrected chi connectivity index (χ4v) is 2.64. The van der Waals surface area contributed by atoms with Gasteiger partial charge in [-0.2, -0.15) is 0 Å². The van der Waals surface area contributed by atoms with Crippen LogP contribution < -0.4 is 10.1 Å². The Hall–Kier alpha value is -1.59. The number of likely N-dealkylation sites (N-methyl/N-ethyl adjacent to an activating group) is 1. The van der Waals surface area contributed by atoms with Crippen LogP contribution in [0, 0.1) is 0 Å². The second kappa shape index (κ2) is 5.81. The Balaban J connectivity index is 1.58. The molecule has 3 rings (SSSR count). The molecule has 0 bridgehead atoms. The van der Waals surface area contributed by atoms with Crippen LogP contribution >= 0.6 is 0 Å². The summed E-state index contributed by atoms with van der Waals surface area (Å²) in [6, 6.07) is 6.07. The van der Waals surface area contributed by atoms with Crippen LogP contribution in [0.15, 0.2) is 18.2 Å². The van der Waals surface area contributed by atoms with Crippen molar-refractivity contribution in [3.05, 3.63) is 23.8 Å². The number of amides is 1. The van der Waals surface area contributed by atoms with Crippen molar-refractivity contribution in [2.24, 2.45) is 0 Å². The Morgan fingerprint density at radius 2 is 2.05 bits per heavy atom. The molecule has 0 aliphatic carbocycles. The molecule has 1 aromatic rings. The summed E-state index contributed by atoms with van der Waals surface area (Å²) < 4.78 is 5.37. The van der Waals surface area contributed by atoms with Gasteiger partial charge in [-0.15, -0.1) is 0 Å². The van der Waals surface area contributed by atoms with Crippen LogP contribution in [0.1, 0.15) is 5.56 Å². The summed E-state index contributed by atoms with van der Waals surface area (Å²) in [6.45, 7) is 5.76. The summed E-state index contributed by atoms with van der Waals surface area (Å²) in [6.07, 6.45) is 1.01. The zero-order valence-corrected chi connectivity index (χ0v) is 11.9. The van der Waals surface area contributed by atoms with E-state index in [0.29, 0.717) is 0 Å². The van der Waals surface area contributed by atoms with Crippen LogP contribution in [0.25, 0.3) is 0 Å². The van der Waals surface area contributed by atoms with E-state index in [2.05, 4.69) is 28.2 Å². The van der Waals surface area contributed by atoms with E-state index in [1.165, 1.54) is 5.56 Å². The molecule has 1 N–H and O–H groups in total. The number of nitrogens with one attached hydrogen (secondary N) is 1. The SMILES string of the molecule is CN1CCN(CCc2ccc3c(c2)NC(=O)CO3)CC1. The Kier molecular flexibility index (Phi) is 3.89. The predicted octanol–water partition coefficient (Wildman–Crippen LogP) is 0.807. The third-order valence-electron chi connectivity index (χ3n) is 3.99. The molecule has 0 saturated carbocycles. The average molecular weight is 275 g/mol. The molecule has 0 spiro atoms. The topological polar surface area (TPSA) is 44.8 Å². The Morgan fingerprint density at radius 1 is 1.25 bits per heavy atom. The summed E-state index contributed by atoms with van der Waals surface area (Å²) in [5.74, 6) is 0.696. The number of hydrogen-bond donors (Lipinski definition) is 1. The van der Waals surface area contributed by atoms with Crippen LogP contribution in [-0.4, -0.2) is 62.1 Å². The lowest BCUT2D eigenvalue weighted by atomic mass is 10.1. The van der Waals surface area contributed by atoms with Crippen LogP contribution in [0.3, 0.4) is 0 Å². The van der Waals surface area contributed by atoms with Gasteiger partial charge in [0, 0.05) is 32.7 Å². The lowest BCUT2D eigenvalue weighted by molar-refractivity contribution is -0.118. The maximum absolute atomic E-state index is 11.3. The van der Waals surface area contributed by atoms with E-state index in [-0.39, 0.29) is 12.5 Å². The minimum absolute atomic E-state index is 0.0753. The molecule has 1 aromatic carbocycles. The number of ether oxygens (including phenoxy) is 1. The molecule has 2 aliphatic rings. The van der Waals surface area contributed by atoms with Gasteiger partial charge in [0.2, 0.25) is 0 Å². The van der Waals surface area contributed by atoms with Gasteiger partial charge in [-0.1, -0.05) is 6.07 Å². The summed E-state index contributed by atoms with van der Waals surface area (Å²) >= 11 is 0. The van der Waals surface area contributed by atoms with Crippen molar-refractivity contribution in [2.75, 3.05) is 51.7 Å². The monoisotopic (exact) mass is 275 g/mol. The highest BCUT2D eigenvalue weighted by Crippen LogP contribution is 2.28. The maximum Gasteiger partial charge on any atom is 0.262 e. The van der Waals surface area contributed by atoms with E-state index in [1.54, 1.807) is 0 Å². The largest absolute Gasteiger partial charge is 0.482 e. The second-order valence-corrected chi connectivity index (χ2v) is 5.56. The quantitative estimate of drug-likeness (QED) is 0.886. The Bertz CT molecular complexity index is 496. The van der Waals surface area contributed by atoms with E-state index in [0.717, 1.165) is 50.6 Å². The van der Waals surface area contributed by atoms with E-state index in [1.807, 2.05) is 12.1 Å². The van der Waals surface area contributed by atoms with E-state index < -0.39 is 0 Å². The smallest absolute Gasteiger partial charge is 0.262 e. The molecule has 0 atom stereocenters. The van der Waals surface area contributed by atoms with Crippen LogP contribution in [0.2, 0.25) is 0 Å². The highest BCUT2D eigenvalue weighted by Gasteiger charge is 2.17. The average Bonchev–Trinajstić information content (AvgIpc) is 2.46. The highest BCUT2D eigenvalue weighted by molar-refractivity contribution is 5.95. The number of carbonyl (C=O) groups is 1. The third kappa shape index (κ3) is 3.11. The van der Waals surface area contributed by atoms with Crippen molar-refractivity contribution in [1.82, 2.24) is 9.80 Å². The molecule has 20 heavy (non-hydrogen) atoms. The van der Waals surface area contributed by atoms with Gasteiger partial charge >= 0.3 is 0 Å². The van der Waals surface area contributed by atoms with Gasteiger partial charge in [0.05, 0.1) is 5.69 Å². The van der Waals surface area contributed by atoms with Crippen molar-refractivity contribution in [3.63, 3.8) is 0 Å². The van der Waals surface area contributed by atoms with Gasteiger partial charge in [-0.05, 0) is 31.2 Å². The summed E-state index contributed by atoms with van der Waals surface area (Å²) in [7, 11) is 2.17. The lowest BCUT2D eigenvalue weighted by Gasteiger charge is -2.32. The van der Waals surface area contributed by atoms with Gasteiger partial charge in [0.15, 0.2) is 6.61 Å². The molecule has 108 valence electrons. The van der Waals surface area contributed by atoms with Crippen molar-refractivity contribution in [3.8, 4) is 5.75 Å². The van der Waals surface area contributed by atoms with E-state index >= 15 is 0 Å². The number of rotatable bonds is 3.